The minimum Gasteiger partial charge on any atom is -0.493 e. The first-order valence-electron chi connectivity index (χ1n) is 12.3. The Hall–Kier alpha value is -3.63. The summed E-state index contributed by atoms with van der Waals surface area (Å²) < 4.78 is 27.4. The van der Waals surface area contributed by atoms with E-state index in [-0.39, 0.29) is 5.56 Å². The number of benzene rings is 2. The molecule has 2 aromatic rings. The number of rotatable bonds is 8. The van der Waals surface area contributed by atoms with E-state index in [2.05, 4.69) is 4.90 Å². The Morgan fingerprint density at radius 1 is 0.892 bits per heavy atom. The third-order valence-corrected chi connectivity index (χ3v) is 7.02. The van der Waals surface area contributed by atoms with Crippen molar-refractivity contribution in [1.29, 1.82) is 0 Å². The summed E-state index contributed by atoms with van der Waals surface area (Å²) >= 11 is 0. The number of methoxy groups -OCH3 is 2. The molecular weight excluding hydrogens is 480 g/mol. The normalized spacial score (nSPS) is 21.7. The molecular formula is C27H30N2O8. The van der Waals surface area contributed by atoms with Crippen LogP contribution in [0.2, 0.25) is 0 Å². The van der Waals surface area contributed by atoms with E-state index in [0.29, 0.717) is 68.1 Å². The number of fused-ring (bicyclic) bond motifs is 1. The molecule has 37 heavy (non-hydrogen) atoms. The van der Waals surface area contributed by atoms with Gasteiger partial charge in [0.2, 0.25) is 5.78 Å². The molecule has 0 aromatic heterocycles. The minimum atomic E-state index is -1.21. The topological polar surface area (TPSA) is 104 Å². The van der Waals surface area contributed by atoms with E-state index in [1.165, 1.54) is 19.1 Å². The van der Waals surface area contributed by atoms with E-state index in [4.69, 9.17) is 23.7 Å². The van der Waals surface area contributed by atoms with Gasteiger partial charge in [0.05, 0.1) is 33.5 Å². The van der Waals surface area contributed by atoms with Crippen LogP contribution in [0.3, 0.4) is 0 Å². The van der Waals surface area contributed by atoms with Crippen molar-refractivity contribution < 1.29 is 38.1 Å². The van der Waals surface area contributed by atoms with Crippen LogP contribution in [0.15, 0.2) is 36.4 Å². The number of carbonyl (C=O) groups is 3. The monoisotopic (exact) mass is 510 g/mol. The lowest BCUT2D eigenvalue weighted by molar-refractivity contribution is -0.141. The molecule has 10 heteroatoms. The highest BCUT2D eigenvalue weighted by molar-refractivity contribution is 6.44. The number of hydrogen-bond acceptors (Lipinski definition) is 9. The van der Waals surface area contributed by atoms with E-state index in [9.17, 15) is 14.4 Å². The molecule has 0 bridgehead atoms. The second-order valence-electron chi connectivity index (χ2n) is 9.08. The van der Waals surface area contributed by atoms with Gasteiger partial charge in [-0.25, -0.2) is 0 Å². The molecule has 2 saturated heterocycles. The number of nitrogens with zero attached hydrogens (tertiary/aromatic N) is 2. The fourth-order valence-corrected chi connectivity index (χ4v) is 5.09. The second kappa shape index (κ2) is 10.8. The smallest absolute Gasteiger partial charge is 0.291 e. The maximum absolute atomic E-state index is 13.8. The lowest BCUT2D eigenvalue weighted by Crippen LogP contribution is -2.42. The lowest BCUT2D eigenvalue weighted by atomic mass is 9.86. The van der Waals surface area contributed by atoms with Crippen LogP contribution in [0, 0.1) is 5.92 Å². The van der Waals surface area contributed by atoms with Gasteiger partial charge in [-0.05, 0) is 35.9 Å². The lowest BCUT2D eigenvalue weighted by Gasteiger charge is -2.32. The molecule has 0 radical (unpaired) electrons. The van der Waals surface area contributed by atoms with Gasteiger partial charge < -0.3 is 28.6 Å². The fourth-order valence-electron chi connectivity index (χ4n) is 5.09. The Labute approximate surface area is 215 Å². The highest BCUT2D eigenvalue weighted by Gasteiger charge is 2.51. The molecule has 3 heterocycles. The van der Waals surface area contributed by atoms with Gasteiger partial charge in [-0.15, -0.1) is 0 Å². The summed E-state index contributed by atoms with van der Waals surface area (Å²) in [4.78, 5) is 44.2. The summed E-state index contributed by atoms with van der Waals surface area (Å²) in [5, 5.41) is 0. The molecule has 10 nitrogen and oxygen atoms in total. The van der Waals surface area contributed by atoms with Crippen molar-refractivity contribution >= 4 is 17.5 Å². The summed E-state index contributed by atoms with van der Waals surface area (Å²) in [6, 6.07) is 9.26. The molecule has 0 saturated carbocycles. The summed E-state index contributed by atoms with van der Waals surface area (Å²) in [5.74, 6) is -1.09. The molecule has 2 atom stereocenters. The second-order valence-corrected chi connectivity index (χ2v) is 9.08. The van der Waals surface area contributed by atoms with Crippen molar-refractivity contribution in [3.8, 4) is 23.0 Å². The van der Waals surface area contributed by atoms with Gasteiger partial charge in [0.15, 0.2) is 28.8 Å². The highest BCUT2D eigenvalue weighted by atomic mass is 16.6. The van der Waals surface area contributed by atoms with Gasteiger partial charge in [-0.3, -0.25) is 19.3 Å². The van der Waals surface area contributed by atoms with Crippen molar-refractivity contribution in [3.05, 3.63) is 47.5 Å². The van der Waals surface area contributed by atoms with Crippen molar-refractivity contribution in [2.24, 2.45) is 5.92 Å². The average molecular weight is 511 g/mol. The molecule has 3 aliphatic rings. The van der Waals surface area contributed by atoms with Crippen LogP contribution in [-0.4, -0.2) is 94.1 Å². The van der Waals surface area contributed by atoms with Crippen LogP contribution in [0.5, 0.6) is 23.0 Å². The molecule has 0 spiro atoms. The third kappa shape index (κ3) is 4.86. The number of amides is 1. The van der Waals surface area contributed by atoms with Crippen LogP contribution < -0.4 is 18.9 Å². The molecule has 3 aliphatic heterocycles. The first-order chi connectivity index (χ1) is 18.0. The zero-order chi connectivity index (χ0) is 25.9. The molecule has 5 rings (SSSR count). The van der Waals surface area contributed by atoms with Crippen molar-refractivity contribution in [2.45, 2.75) is 6.04 Å². The Kier molecular flexibility index (Phi) is 7.29. The molecule has 0 N–H and O–H groups in total. The third-order valence-electron chi connectivity index (χ3n) is 7.02. The Morgan fingerprint density at radius 3 is 2.35 bits per heavy atom. The Morgan fingerprint density at radius 2 is 1.62 bits per heavy atom. The number of morpholine rings is 1. The molecule has 0 aliphatic carbocycles. The van der Waals surface area contributed by atoms with E-state index in [1.807, 2.05) is 0 Å². The van der Waals surface area contributed by atoms with E-state index in [1.54, 1.807) is 36.4 Å². The fraction of sp³-hybridized carbons (Fsp3) is 0.444. The molecule has 2 unspecified atom stereocenters. The quantitative estimate of drug-likeness (QED) is 0.299. The van der Waals surface area contributed by atoms with Crippen LogP contribution in [-0.2, 0) is 14.3 Å². The minimum absolute atomic E-state index is 0.288. The van der Waals surface area contributed by atoms with E-state index in [0.717, 1.165) is 13.1 Å². The van der Waals surface area contributed by atoms with Crippen LogP contribution in [0.4, 0.5) is 0 Å². The highest BCUT2D eigenvalue weighted by Crippen LogP contribution is 2.42. The Balaban J connectivity index is 1.50. The summed E-state index contributed by atoms with van der Waals surface area (Å²) in [6.07, 6.45) is 0. The van der Waals surface area contributed by atoms with Gasteiger partial charge in [0.25, 0.3) is 5.91 Å². The molecule has 196 valence electrons. The number of hydrogen-bond donors (Lipinski definition) is 0. The zero-order valence-corrected chi connectivity index (χ0v) is 20.9. The van der Waals surface area contributed by atoms with Crippen LogP contribution in [0.1, 0.15) is 22.0 Å². The number of carbonyl (C=O) groups excluding carboxylic acids is 3. The molecule has 1 amide bonds. The maximum atomic E-state index is 13.8. The predicted molar refractivity (Wildman–Crippen MR) is 132 cm³/mol. The zero-order valence-electron chi connectivity index (χ0n) is 20.9. The summed E-state index contributed by atoms with van der Waals surface area (Å²) in [5.41, 5.74) is 0.908. The Bertz CT molecular complexity index is 1190. The van der Waals surface area contributed by atoms with E-state index >= 15 is 0 Å². The van der Waals surface area contributed by atoms with Crippen LogP contribution >= 0.6 is 0 Å². The van der Waals surface area contributed by atoms with Crippen LogP contribution in [0.25, 0.3) is 0 Å². The van der Waals surface area contributed by atoms with Crippen molar-refractivity contribution in [1.82, 2.24) is 9.80 Å². The summed E-state index contributed by atoms with van der Waals surface area (Å²) in [6.45, 7) is 4.40. The predicted octanol–water partition coefficient (Wildman–Crippen LogP) is 1.76. The standard InChI is InChI=1S/C27H30N2O8/c1-33-19-5-3-17(15-21(19)34-2)24-23(25(30)18-4-6-20-22(16-18)37-14-13-36-20)26(31)27(32)29(24)8-7-28-9-11-35-12-10-28/h3-6,15-16,23-24H,7-14H2,1-2H3. The van der Waals surface area contributed by atoms with Gasteiger partial charge in [0, 0.05) is 31.7 Å². The first kappa shape index (κ1) is 25.0. The number of likely N-dealkylation sites (tertiary alicyclic amines) is 1. The van der Waals surface area contributed by atoms with Gasteiger partial charge in [-0.2, -0.15) is 0 Å². The number of Topliss-reactive ketones (excluding diaryl/α,β-unsaturated/α-hetero) is 2. The number of ketones is 2. The molecule has 2 fully saturated rings. The van der Waals surface area contributed by atoms with E-state index < -0.39 is 29.4 Å². The maximum Gasteiger partial charge on any atom is 0.291 e. The average Bonchev–Trinajstić information content (AvgIpc) is 3.20. The largest absolute Gasteiger partial charge is 0.493 e. The van der Waals surface area contributed by atoms with Crippen molar-refractivity contribution in [3.63, 3.8) is 0 Å². The van der Waals surface area contributed by atoms with Gasteiger partial charge >= 0.3 is 0 Å². The summed E-state index contributed by atoms with van der Waals surface area (Å²) in [7, 11) is 3.05. The SMILES string of the molecule is COc1ccc(C2C(C(=O)c3ccc4c(c3)OCCO4)C(=O)C(=O)N2CCN2CCOCC2)cc1OC. The van der Waals surface area contributed by atoms with Gasteiger partial charge in [-0.1, -0.05) is 6.07 Å². The molecule has 2 aromatic carbocycles. The van der Waals surface area contributed by atoms with Gasteiger partial charge in [0.1, 0.15) is 19.1 Å². The number of ether oxygens (including phenoxy) is 5. The van der Waals surface area contributed by atoms with Crippen molar-refractivity contribution in [2.75, 3.05) is 66.8 Å². The first-order valence-corrected chi connectivity index (χ1v) is 12.3.